The van der Waals surface area contributed by atoms with Gasteiger partial charge in [0.15, 0.2) is 6.29 Å². The number of nitrogens with zero attached hydrogens (tertiary/aromatic N) is 2. The molecule has 0 radical (unpaired) electrons. The molecule has 0 aliphatic carbocycles. The van der Waals surface area contributed by atoms with Gasteiger partial charge in [-0.15, -0.1) is 0 Å². The molecular formula is C30H33F7N2O3. The molecule has 2 aliphatic rings. The van der Waals surface area contributed by atoms with E-state index >= 15 is 0 Å². The fourth-order valence-corrected chi connectivity index (χ4v) is 5.30. The van der Waals surface area contributed by atoms with Crippen LogP contribution < -0.4 is 0 Å². The Morgan fingerprint density at radius 2 is 1.55 bits per heavy atom. The van der Waals surface area contributed by atoms with Gasteiger partial charge in [-0.2, -0.15) is 26.3 Å². The minimum absolute atomic E-state index is 0.0781. The molecule has 2 aromatic carbocycles. The van der Waals surface area contributed by atoms with Crippen LogP contribution in [0.25, 0.3) is 0 Å². The lowest BCUT2D eigenvalue weighted by atomic mass is 10.0. The van der Waals surface area contributed by atoms with E-state index in [1.165, 1.54) is 19.1 Å². The quantitative estimate of drug-likeness (QED) is 0.256. The Morgan fingerprint density at radius 1 is 0.929 bits per heavy atom. The standard InChI is InChI=1S/C30H33F7N2O3/c1-20(22-16-23(29(32,33)34)18-24(17-22)30(35,36)37)42-28-27(21-7-9-25(31)10-8-21)39(14-15-41-28)12-4-3-11-38-13-5-6-26(38)19-40-2/h7-10,16-18,20,26-28H,5-6,11-15,19H2,1-2H3/t20?,26-,27-,28+/m0/s1. The average molecular weight is 603 g/mol. The van der Waals surface area contributed by atoms with Crippen molar-refractivity contribution in [3.63, 3.8) is 0 Å². The normalized spacial score (nSPS) is 23.0. The van der Waals surface area contributed by atoms with Gasteiger partial charge in [-0.3, -0.25) is 9.80 Å². The number of halogens is 7. The third kappa shape index (κ3) is 8.23. The lowest BCUT2D eigenvalue weighted by molar-refractivity contribution is -0.228. The largest absolute Gasteiger partial charge is 0.416 e. The summed E-state index contributed by atoms with van der Waals surface area (Å²) in [5, 5.41) is 0. The molecule has 2 aliphatic heterocycles. The Labute approximate surface area is 240 Å². The van der Waals surface area contributed by atoms with Gasteiger partial charge in [-0.05, 0) is 67.8 Å². The highest BCUT2D eigenvalue weighted by atomic mass is 19.4. The Morgan fingerprint density at radius 3 is 2.14 bits per heavy atom. The van der Waals surface area contributed by atoms with Crippen molar-refractivity contribution in [3.05, 3.63) is 70.5 Å². The molecule has 2 heterocycles. The van der Waals surface area contributed by atoms with Gasteiger partial charge < -0.3 is 14.2 Å². The predicted octanol–water partition coefficient (Wildman–Crippen LogP) is 6.45. The average Bonchev–Trinajstić information content (AvgIpc) is 3.37. The van der Waals surface area contributed by atoms with Crippen molar-refractivity contribution in [1.29, 1.82) is 0 Å². The number of likely N-dealkylation sites (tertiary alicyclic amines) is 1. The summed E-state index contributed by atoms with van der Waals surface area (Å²) < 4.78 is 112. The zero-order chi connectivity index (χ0) is 30.5. The summed E-state index contributed by atoms with van der Waals surface area (Å²) in [5.74, 6) is 5.89. The Kier molecular flexibility index (Phi) is 10.5. The number of alkyl halides is 6. The van der Waals surface area contributed by atoms with Gasteiger partial charge in [0, 0.05) is 19.7 Å². The fraction of sp³-hybridized carbons (Fsp3) is 0.533. The van der Waals surface area contributed by atoms with E-state index < -0.39 is 47.7 Å². The molecule has 4 atom stereocenters. The van der Waals surface area contributed by atoms with Crippen molar-refractivity contribution in [2.75, 3.05) is 46.5 Å². The zero-order valence-electron chi connectivity index (χ0n) is 23.3. The van der Waals surface area contributed by atoms with Gasteiger partial charge in [-0.1, -0.05) is 24.0 Å². The first-order chi connectivity index (χ1) is 19.9. The zero-order valence-corrected chi connectivity index (χ0v) is 23.3. The molecule has 0 spiro atoms. The third-order valence-corrected chi connectivity index (χ3v) is 7.49. The second kappa shape index (κ2) is 13.7. The van der Waals surface area contributed by atoms with E-state index in [0.717, 1.165) is 19.4 Å². The molecule has 2 aromatic rings. The molecule has 5 nitrogen and oxygen atoms in total. The van der Waals surface area contributed by atoms with E-state index in [1.807, 2.05) is 4.90 Å². The van der Waals surface area contributed by atoms with E-state index in [9.17, 15) is 30.7 Å². The summed E-state index contributed by atoms with van der Waals surface area (Å²) in [7, 11) is 1.66. The number of methoxy groups -OCH3 is 1. The Hall–Kier alpha value is -2.69. The minimum Gasteiger partial charge on any atom is -0.383 e. The van der Waals surface area contributed by atoms with E-state index in [2.05, 4.69) is 16.7 Å². The molecule has 2 fully saturated rings. The maximum Gasteiger partial charge on any atom is 0.416 e. The second-order valence-electron chi connectivity index (χ2n) is 10.4. The summed E-state index contributed by atoms with van der Waals surface area (Å²) in [5.41, 5.74) is -2.54. The van der Waals surface area contributed by atoms with Crippen LogP contribution in [0.1, 0.15) is 54.2 Å². The van der Waals surface area contributed by atoms with E-state index in [1.54, 1.807) is 19.2 Å². The highest BCUT2D eigenvalue weighted by molar-refractivity contribution is 5.35. The molecule has 4 rings (SSSR count). The highest BCUT2D eigenvalue weighted by Gasteiger charge is 2.39. The van der Waals surface area contributed by atoms with Gasteiger partial charge in [0.05, 0.1) is 49.6 Å². The van der Waals surface area contributed by atoms with Gasteiger partial charge in [0.2, 0.25) is 0 Å². The molecular weight excluding hydrogens is 569 g/mol. The molecule has 42 heavy (non-hydrogen) atoms. The van der Waals surface area contributed by atoms with Crippen molar-refractivity contribution < 1.29 is 44.9 Å². The van der Waals surface area contributed by atoms with Crippen LogP contribution in [0.2, 0.25) is 0 Å². The van der Waals surface area contributed by atoms with Crippen LogP contribution in [0.3, 0.4) is 0 Å². The van der Waals surface area contributed by atoms with Crippen molar-refractivity contribution in [2.24, 2.45) is 0 Å². The van der Waals surface area contributed by atoms with Crippen molar-refractivity contribution in [1.82, 2.24) is 9.80 Å². The lowest BCUT2D eigenvalue weighted by Crippen LogP contribution is -2.47. The molecule has 0 saturated carbocycles. The van der Waals surface area contributed by atoms with Crippen LogP contribution in [-0.4, -0.2) is 68.6 Å². The predicted molar refractivity (Wildman–Crippen MR) is 141 cm³/mol. The van der Waals surface area contributed by atoms with Crippen molar-refractivity contribution in [3.8, 4) is 11.8 Å². The van der Waals surface area contributed by atoms with Crippen LogP contribution in [0.4, 0.5) is 30.7 Å². The number of rotatable bonds is 8. The molecule has 0 amide bonds. The molecule has 230 valence electrons. The summed E-state index contributed by atoms with van der Waals surface area (Å²) in [6, 6.07) is 6.66. The van der Waals surface area contributed by atoms with Crippen LogP contribution in [0, 0.1) is 17.7 Å². The van der Waals surface area contributed by atoms with E-state index in [-0.39, 0.29) is 18.2 Å². The van der Waals surface area contributed by atoms with E-state index in [4.69, 9.17) is 14.2 Å². The maximum absolute atomic E-state index is 13.7. The van der Waals surface area contributed by atoms with Crippen LogP contribution >= 0.6 is 0 Å². The van der Waals surface area contributed by atoms with Gasteiger partial charge in [-0.25, -0.2) is 4.39 Å². The Balaban J connectivity index is 1.55. The van der Waals surface area contributed by atoms with Crippen LogP contribution in [0.5, 0.6) is 0 Å². The van der Waals surface area contributed by atoms with Gasteiger partial charge >= 0.3 is 12.4 Å². The molecule has 0 N–H and O–H groups in total. The monoisotopic (exact) mass is 602 g/mol. The molecule has 0 aromatic heterocycles. The minimum atomic E-state index is -4.98. The summed E-state index contributed by atoms with van der Waals surface area (Å²) >= 11 is 0. The smallest absolute Gasteiger partial charge is 0.383 e. The van der Waals surface area contributed by atoms with Gasteiger partial charge in [0.1, 0.15) is 5.82 Å². The lowest BCUT2D eigenvalue weighted by Gasteiger charge is -2.41. The number of benzene rings is 2. The summed E-state index contributed by atoms with van der Waals surface area (Å²) in [6.45, 7) is 4.41. The fourth-order valence-electron chi connectivity index (χ4n) is 5.30. The number of morpholine rings is 1. The Bertz CT molecular complexity index is 1210. The van der Waals surface area contributed by atoms with Crippen LogP contribution in [0.15, 0.2) is 42.5 Å². The molecule has 2 saturated heterocycles. The van der Waals surface area contributed by atoms with Crippen LogP contribution in [-0.2, 0) is 26.6 Å². The highest BCUT2D eigenvalue weighted by Crippen LogP contribution is 2.39. The summed E-state index contributed by atoms with van der Waals surface area (Å²) in [4.78, 5) is 4.20. The summed E-state index contributed by atoms with van der Waals surface area (Å²) in [6.07, 6.45) is -10.1. The molecule has 0 bridgehead atoms. The molecule has 12 heteroatoms. The second-order valence-corrected chi connectivity index (χ2v) is 10.4. The third-order valence-electron chi connectivity index (χ3n) is 7.49. The van der Waals surface area contributed by atoms with Gasteiger partial charge in [0.25, 0.3) is 0 Å². The van der Waals surface area contributed by atoms with Crippen molar-refractivity contribution >= 4 is 0 Å². The van der Waals surface area contributed by atoms with Crippen molar-refractivity contribution in [2.45, 2.75) is 56.6 Å². The topological polar surface area (TPSA) is 34.2 Å². The SMILES string of the molecule is COC[C@@H]1CCCN1CC#CCN1CCO[C@H](OC(C)c2cc(C(F)(F)F)cc(C(F)(F)F)c2)[C@@H]1c1ccc(F)cc1. The first-order valence-electron chi connectivity index (χ1n) is 13.6. The first kappa shape index (κ1) is 32.2. The first-order valence-corrected chi connectivity index (χ1v) is 13.6. The number of hydrogen-bond donors (Lipinski definition) is 0. The van der Waals surface area contributed by atoms with E-state index in [0.29, 0.717) is 50.0 Å². The molecule has 1 unspecified atom stereocenters. The number of hydrogen-bond acceptors (Lipinski definition) is 5. The maximum atomic E-state index is 13.7. The number of ether oxygens (including phenoxy) is 3.